The van der Waals surface area contributed by atoms with Crippen molar-refractivity contribution in [2.45, 2.75) is 19.3 Å². The summed E-state index contributed by atoms with van der Waals surface area (Å²) in [6, 6.07) is 0. The van der Waals surface area contributed by atoms with Crippen molar-refractivity contribution in [3.8, 4) is 0 Å². The molecule has 0 spiro atoms. The molecule has 13 nitrogen and oxygen atoms in total. The van der Waals surface area contributed by atoms with Crippen molar-refractivity contribution >= 4 is 30.4 Å². The van der Waals surface area contributed by atoms with Crippen LogP contribution in [0.4, 0.5) is 0 Å². The molecule has 0 N–H and O–H groups in total. The van der Waals surface area contributed by atoms with E-state index in [1.165, 1.54) is 0 Å². The molecule has 0 aromatic carbocycles. The molecular weight excluding hydrogens is 514 g/mol. The van der Waals surface area contributed by atoms with Crippen molar-refractivity contribution in [2.24, 2.45) is 0 Å². The molecule has 0 aliphatic carbocycles. The fourth-order valence-corrected chi connectivity index (χ4v) is 2.80. The molecule has 1 aliphatic rings. The highest BCUT2D eigenvalue weighted by Gasteiger charge is 2.32. The standard InChI is InChI=1S/C23H41NO12S/c25-21-1-2-22(26)24(21)36-23(27)3-4-28-5-6-29-7-8-30-9-10-31-11-12-32-13-14-33-15-16-34-17-18-35-19-20-37/h37H,1-20H2. The second kappa shape index (κ2) is 24.9. The highest BCUT2D eigenvalue weighted by molar-refractivity contribution is 7.80. The quantitative estimate of drug-likeness (QED) is 0.0833. The molecule has 0 bridgehead atoms. The van der Waals surface area contributed by atoms with Gasteiger partial charge in [-0.15, -0.1) is 5.06 Å². The summed E-state index contributed by atoms with van der Waals surface area (Å²) in [6.45, 7) is 7.24. The molecule has 1 fully saturated rings. The lowest BCUT2D eigenvalue weighted by molar-refractivity contribution is -0.198. The summed E-state index contributed by atoms with van der Waals surface area (Å²) >= 11 is 4.05. The van der Waals surface area contributed by atoms with Gasteiger partial charge in [0.25, 0.3) is 11.8 Å². The molecule has 0 radical (unpaired) electrons. The number of carbonyl (C=O) groups excluding carboxylic acids is 3. The van der Waals surface area contributed by atoms with Gasteiger partial charge in [0.2, 0.25) is 0 Å². The molecule has 2 amide bonds. The summed E-state index contributed by atoms with van der Waals surface area (Å²) in [7, 11) is 0. The Bertz CT molecular complexity index is 582. The number of imide groups is 1. The number of ether oxygens (including phenoxy) is 8. The van der Waals surface area contributed by atoms with Crippen molar-refractivity contribution in [1.29, 1.82) is 0 Å². The van der Waals surface area contributed by atoms with Crippen LogP contribution in [0, 0.1) is 0 Å². The molecule has 0 saturated carbocycles. The van der Waals surface area contributed by atoms with Crippen LogP contribution in [0.1, 0.15) is 19.3 Å². The Morgan fingerprint density at radius 1 is 0.541 bits per heavy atom. The minimum Gasteiger partial charge on any atom is -0.378 e. The van der Waals surface area contributed by atoms with Crippen LogP contribution in [0.2, 0.25) is 0 Å². The Kier molecular flexibility index (Phi) is 22.7. The molecule has 0 unspecified atom stereocenters. The molecule has 216 valence electrons. The summed E-state index contributed by atoms with van der Waals surface area (Å²) in [4.78, 5) is 39.0. The van der Waals surface area contributed by atoms with Crippen LogP contribution in [0.25, 0.3) is 0 Å². The first-order valence-corrected chi connectivity index (χ1v) is 13.1. The van der Waals surface area contributed by atoms with Gasteiger partial charge < -0.3 is 42.7 Å². The molecule has 1 aliphatic heterocycles. The molecule has 1 rings (SSSR count). The lowest BCUT2D eigenvalue weighted by Gasteiger charge is -2.12. The van der Waals surface area contributed by atoms with Crippen LogP contribution in [0.3, 0.4) is 0 Å². The van der Waals surface area contributed by atoms with Gasteiger partial charge in [-0.25, -0.2) is 4.79 Å². The number of rotatable bonds is 27. The highest BCUT2D eigenvalue weighted by atomic mass is 32.1. The van der Waals surface area contributed by atoms with Crippen molar-refractivity contribution < 1.29 is 57.1 Å². The Balaban J connectivity index is 1.69. The largest absolute Gasteiger partial charge is 0.378 e. The monoisotopic (exact) mass is 555 g/mol. The van der Waals surface area contributed by atoms with Crippen LogP contribution in [-0.4, -0.2) is 134 Å². The van der Waals surface area contributed by atoms with Crippen molar-refractivity contribution in [3.05, 3.63) is 0 Å². The lowest BCUT2D eigenvalue weighted by Crippen LogP contribution is -2.32. The van der Waals surface area contributed by atoms with Crippen molar-refractivity contribution in [1.82, 2.24) is 5.06 Å². The molecule has 1 saturated heterocycles. The molecule has 0 aromatic heterocycles. The maximum Gasteiger partial charge on any atom is 0.335 e. The maximum absolute atomic E-state index is 11.6. The fraction of sp³-hybridized carbons (Fsp3) is 0.870. The van der Waals surface area contributed by atoms with E-state index in [-0.39, 0.29) is 25.9 Å². The van der Waals surface area contributed by atoms with E-state index >= 15 is 0 Å². The first-order chi connectivity index (χ1) is 18.1. The van der Waals surface area contributed by atoms with Gasteiger partial charge >= 0.3 is 5.97 Å². The van der Waals surface area contributed by atoms with Gasteiger partial charge in [-0.1, -0.05) is 0 Å². The van der Waals surface area contributed by atoms with E-state index in [9.17, 15) is 14.4 Å². The van der Waals surface area contributed by atoms with E-state index in [0.717, 1.165) is 0 Å². The van der Waals surface area contributed by atoms with Crippen LogP contribution in [0.5, 0.6) is 0 Å². The topological polar surface area (TPSA) is 138 Å². The summed E-state index contributed by atoms with van der Waals surface area (Å²) in [5, 5.41) is 0.520. The number of nitrogens with zero attached hydrogens (tertiary/aromatic N) is 1. The third-order valence-electron chi connectivity index (χ3n) is 4.49. The number of hydroxylamine groups is 2. The fourth-order valence-electron chi connectivity index (χ4n) is 2.67. The van der Waals surface area contributed by atoms with E-state index < -0.39 is 17.8 Å². The molecule has 37 heavy (non-hydrogen) atoms. The van der Waals surface area contributed by atoms with E-state index in [1.54, 1.807) is 0 Å². The Morgan fingerprint density at radius 3 is 1.16 bits per heavy atom. The third-order valence-corrected chi connectivity index (χ3v) is 4.67. The first-order valence-electron chi connectivity index (χ1n) is 12.4. The van der Waals surface area contributed by atoms with Crippen LogP contribution >= 0.6 is 12.6 Å². The van der Waals surface area contributed by atoms with Gasteiger partial charge in [-0.2, -0.15) is 12.6 Å². The summed E-state index contributed by atoms with van der Waals surface area (Å²) in [5.41, 5.74) is 0. The SMILES string of the molecule is O=C(CCOCCOCCOCCOCCOCCOCCOCCOCCS)ON1C(=O)CCC1=O. The molecule has 0 atom stereocenters. The minimum absolute atomic E-state index is 0.0643. The number of carbonyl (C=O) groups is 3. The average Bonchev–Trinajstić information content (AvgIpc) is 3.20. The molecule has 1 heterocycles. The predicted octanol–water partition coefficient (Wildman–Crippen LogP) is 0.0463. The zero-order valence-electron chi connectivity index (χ0n) is 21.4. The number of amides is 2. The zero-order valence-corrected chi connectivity index (χ0v) is 22.3. The normalized spacial score (nSPS) is 13.6. The van der Waals surface area contributed by atoms with Crippen LogP contribution in [-0.2, 0) is 57.1 Å². The zero-order chi connectivity index (χ0) is 26.8. The van der Waals surface area contributed by atoms with Crippen LogP contribution < -0.4 is 0 Å². The third kappa shape index (κ3) is 20.3. The number of thiol groups is 1. The summed E-state index contributed by atoms with van der Waals surface area (Å²) in [6.07, 6.45) is 0.0616. The predicted molar refractivity (Wildman–Crippen MR) is 132 cm³/mol. The lowest BCUT2D eigenvalue weighted by atomic mass is 10.4. The van der Waals surface area contributed by atoms with Crippen molar-refractivity contribution in [2.75, 3.05) is 111 Å². The van der Waals surface area contributed by atoms with E-state index in [0.29, 0.717) is 110 Å². The summed E-state index contributed by atoms with van der Waals surface area (Å²) < 4.78 is 42.8. The van der Waals surface area contributed by atoms with Crippen LogP contribution in [0.15, 0.2) is 0 Å². The first kappa shape index (κ1) is 33.7. The van der Waals surface area contributed by atoms with E-state index in [2.05, 4.69) is 12.6 Å². The highest BCUT2D eigenvalue weighted by Crippen LogP contribution is 2.12. The second-order valence-corrected chi connectivity index (χ2v) is 7.86. The summed E-state index contributed by atoms with van der Waals surface area (Å²) in [5.74, 6) is -0.999. The Labute approximate surface area is 223 Å². The smallest absolute Gasteiger partial charge is 0.335 e. The van der Waals surface area contributed by atoms with Gasteiger partial charge in [-0.05, 0) is 0 Å². The number of hydrogen-bond donors (Lipinski definition) is 1. The number of hydrogen-bond acceptors (Lipinski definition) is 13. The molecule has 0 aromatic rings. The van der Waals surface area contributed by atoms with Gasteiger partial charge in [0, 0.05) is 18.6 Å². The van der Waals surface area contributed by atoms with Gasteiger partial charge in [-0.3, -0.25) is 9.59 Å². The maximum atomic E-state index is 11.6. The Morgan fingerprint density at radius 2 is 0.838 bits per heavy atom. The Hall–Kier alpha value is -1.36. The average molecular weight is 556 g/mol. The van der Waals surface area contributed by atoms with E-state index in [1.807, 2.05) is 0 Å². The minimum atomic E-state index is -0.694. The van der Waals surface area contributed by atoms with Gasteiger partial charge in [0.15, 0.2) is 0 Å². The van der Waals surface area contributed by atoms with Gasteiger partial charge in [0.05, 0.1) is 112 Å². The molecule has 14 heteroatoms. The van der Waals surface area contributed by atoms with Crippen molar-refractivity contribution in [3.63, 3.8) is 0 Å². The second-order valence-electron chi connectivity index (χ2n) is 7.42. The molecular formula is C23H41NO12S. The van der Waals surface area contributed by atoms with E-state index in [4.69, 9.17) is 42.7 Å². The van der Waals surface area contributed by atoms with Gasteiger partial charge in [0.1, 0.15) is 0 Å².